The van der Waals surface area contributed by atoms with E-state index in [-0.39, 0.29) is 11.9 Å². The van der Waals surface area contributed by atoms with Crippen LogP contribution in [-0.4, -0.2) is 66.8 Å². The molecule has 24 heavy (non-hydrogen) atoms. The first-order chi connectivity index (χ1) is 11.2. The fourth-order valence-electron chi connectivity index (χ4n) is 3.21. The van der Waals surface area contributed by atoms with Crippen molar-refractivity contribution in [3.63, 3.8) is 0 Å². The molecule has 8 heteroatoms. The van der Waals surface area contributed by atoms with E-state index in [1.165, 1.54) is 7.11 Å². The van der Waals surface area contributed by atoms with Gasteiger partial charge in [-0.05, 0) is 46.6 Å². The third-order valence-corrected chi connectivity index (χ3v) is 4.22. The Balaban J connectivity index is 2.12. The molecule has 0 spiro atoms. The van der Waals surface area contributed by atoms with Gasteiger partial charge in [0, 0.05) is 12.6 Å². The zero-order valence-electron chi connectivity index (χ0n) is 14.8. The predicted octanol–water partition coefficient (Wildman–Crippen LogP) is 0.406. The lowest BCUT2D eigenvalue weighted by atomic mass is 10.1. The van der Waals surface area contributed by atoms with Gasteiger partial charge in [0.1, 0.15) is 17.7 Å². The van der Waals surface area contributed by atoms with Gasteiger partial charge in [0.2, 0.25) is 5.91 Å². The standard InChI is InChI=1S/C16H27N3O5/c1-16(2,3)24-15(22)18-11-9-17-8-7-10-5-6-12(14(21)23-4)19(10)13(11)20/h10-12,17H,5-9H2,1-4H3,(H,18,22)/t10-,11-,12-/m1/s1. The lowest BCUT2D eigenvalue weighted by Crippen LogP contribution is -2.59. The maximum absolute atomic E-state index is 12.9. The maximum atomic E-state index is 12.9. The minimum Gasteiger partial charge on any atom is -0.467 e. The third-order valence-electron chi connectivity index (χ3n) is 4.22. The first-order valence-electron chi connectivity index (χ1n) is 8.33. The number of alkyl carbamates (subject to hydrolysis) is 1. The van der Waals surface area contributed by atoms with Crippen molar-refractivity contribution in [2.45, 2.75) is 63.8 Å². The largest absolute Gasteiger partial charge is 0.467 e. The summed E-state index contributed by atoms with van der Waals surface area (Å²) in [6.07, 6.45) is 1.47. The molecular formula is C16H27N3O5. The summed E-state index contributed by atoms with van der Waals surface area (Å²) in [5.74, 6) is -0.679. The second-order valence-corrected chi connectivity index (χ2v) is 7.21. The topological polar surface area (TPSA) is 97.0 Å². The smallest absolute Gasteiger partial charge is 0.408 e. The van der Waals surface area contributed by atoms with E-state index in [1.807, 2.05) is 0 Å². The summed E-state index contributed by atoms with van der Waals surface area (Å²) < 4.78 is 10.1. The van der Waals surface area contributed by atoms with Crippen molar-refractivity contribution in [1.82, 2.24) is 15.5 Å². The molecule has 136 valence electrons. The zero-order chi connectivity index (χ0) is 17.9. The van der Waals surface area contributed by atoms with Gasteiger partial charge >= 0.3 is 12.1 Å². The molecule has 2 amide bonds. The van der Waals surface area contributed by atoms with E-state index >= 15 is 0 Å². The molecule has 2 aliphatic rings. The van der Waals surface area contributed by atoms with Crippen LogP contribution in [0.5, 0.6) is 0 Å². The van der Waals surface area contributed by atoms with E-state index in [0.717, 1.165) is 19.4 Å². The molecule has 0 bridgehead atoms. The molecule has 0 radical (unpaired) electrons. The SMILES string of the molecule is COC(=O)[C@H]1CC[C@@H]2CCNC[C@@H](NC(=O)OC(C)(C)C)C(=O)N21. The number of methoxy groups -OCH3 is 1. The Labute approximate surface area is 142 Å². The lowest BCUT2D eigenvalue weighted by molar-refractivity contribution is -0.153. The average molecular weight is 341 g/mol. The number of rotatable bonds is 2. The second kappa shape index (κ2) is 7.38. The molecule has 0 unspecified atom stereocenters. The van der Waals surface area contributed by atoms with Crippen LogP contribution in [0.25, 0.3) is 0 Å². The molecule has 0 aromatic heterocycles. The van der Waals surface area contributed by atoms with Gasteiger partial charge in [-0.1, -0.05) is 0 Å². The Morgan fingerprint density at radius 3 is 2.58 bits per heavy atom. The lowest BCUT2D eigenvalue weighted by Gasteiger charge is -2.35. The van der Waals surface area contributed by atoms with E-state index in [4.69, 9.17) is 9.47 Å². The Morgan fingerprint density at radius 2 is 1.96 bits per heavy atom. The second-order valence-electron chi connectivity index (χ2n) is 7.21. The highest BCUT2D eigenvalue weighted by atomic mass is 16.6. The summed E-state index contributed by atoms with van der Waals surface area (Å²) in [4.78, 5) is 38.5. The summed E-state index contributed by atoms with van der Waals surface area (Å²) in [5, 5.41) is 5.79. The third kappa shape index (κ3) is 4.37. The molecule has 2 fully saturated rings. The van der Waals surface area contributed by atoms with Crippen LogP contribution in [0, 0.1) is 0 Å². The first-order valence-corrected chi connectivity index (χ1v) is 8.33. The van der Waals surface area contributed by atoms with Crippen LogP contribution in [0.3, 0.4) is 0 Å². The Bertz CT molecular complexity index is 502. The van der Waals surface area contributed by atoms with Crippen LogP contribution in [0.15, 0.2) is 0 Å². The zero-order valence-corrected chi connectivity index (χ0v) is 14.8. The van der Waals surface area contributed by atoms with Gasteiger partial charge in [0.25, 0.3) is 0 Å². The van der Waals surface area contributed by atoms with Crippen LogP contribution in [0.4, 0.5) is 4.79 Å². The van der Waals surface area contributed by atoms with Crippen LogP contribution in [0.2, 0.25) is 0 Å². The maximum Gasteiger partial charge on any atom is 0.408 e. The monoisotopic (exact) mass is 341 g/mol. The summed E-state index contributed by atoms with van der Waals surface area (Å²) in [6.45, 7) is 6.29. The number of carbonyl (C=O) groups excluding carboxylic acids is 3. The molecule has 2 heterocycles. The van der Waals surface area contributed by atoms with Crippen LogP contribution in [-0.2, 0) is 19.1 Å². The molecule has 0 aromatic carbocycles. The molecule has 2 N–H and O–H groups in total. The van der Waals surface area contributed by atoms with Gasteiger partial charge in [0.05, 0.1) is 7.11 Å². The molecule has 0 aliphatic carbocycles. The number of fused-ring (bicyclic) bond motifs is 1. The predicted molar refractivity (Wildman–Crippen MR) is 86.3 cm³/mol. The van der Waals surface area contributed by atoms with Gasteiger partial charge < -0.3 is 25.0 Å². The number of nitrogens with one attached hydrogen (secondary N) is 2. The van der Waals surface area contributed by atoms with E-state index in [1.54, 1.807) is 25.7 Å². The molecule has 2 aliphatic heterocycles. The van der Waals surface area contributed by atoms with E-state index in [9.17, 15) is 14.4 Å². The number of nitrogens with zero attached hydrogens (tertiary/aromatic N) is 1. The molecule has 8 nitrogen and oxygen atoms in total. The molecule has 0 aromatic rings. The van der Waals surface area contributed by atoms with E-state index < -0.39 is 29.7 Å². The van der Waals surface area contributed by atoms with Crippen LogP contribution >= 0.6 is 0 Å². The van der Waals surface area contributed by atoms with E-state index in [2.05, 4.69) is 10.6 Å². The van der Waals surface area contributed by atoms with Crippen molar-refractivity contribution in [1.29, 1.82) is 0 Å². The quantitative estimate of drug-likeness (QED) is 0.706. The van der Waals surface area contributed by atoms with Crippen molar-refractivity contribution >= 4 is 18.0 Å². The van der Waals surface area contributed by atoms with Gasteiger partial charge in [-0.3, -0.25) is 4.79 Å². The van der Waals surface area contributed by atoms with Gasteiger partial charge in [-0.2, -0.15) is 0 Å². The normalized spacial score (nSPS) is 27.8. The highest BCUT2D eigenvalue weighted by Gasteiger charge is 2.44. The summed E-state index contributed by atoms with van der Waals surface area (Å²) in [7, 11) is 1.32. The van der Waals surface area contributed by atoms with Crippen LogP contribution < -0.4 is 10.6 Å². The Hall–Kier alpha value is -1.83. The van der Waals surface area contributed by atoms with Crippen LogP contribution in [0.1, 0.15) is 40.0 Å². The molecule has 3 atom stereocenters. The van der Waals surface area contributed by atoms with Crippen molar-refractivity contribution in [3.05, 3.63) is 0 Å². The summed E-state index contributed by atoms with van der Waals surface area (Å²) in [6, 6.07) is -1.36. The van der Waals surface area contributed by atoms with Crippen molar-refractivity contribution in [2.75, 3.05) is 20.2 Å². The fraction of sp³-hybridized carbons (Fsp3) is 0.812. The number of esters is 1. The number of hydrogen-bond donors (Lipinski definition) is 2. The number of ether oxygens (including phenoxy) is 2. The van der Waals surface area contributed by atoms with Gasteiger partial charge in [-0.25, -0.2) is 9.59 Å². The van der Waals surface area contributed by atoms with Crippen molar-refractivity contribution in [3.8, 4) is 0 Å². The highest BCUT2D eigenvalue weighted by molar-refractivity contribution is 5.90. The van der Waals surface area contributed by atoms with Crippen molar-refractivity contribution in [2.24, 2.45) is 0 Å². The minimum absolute atomic E-state index is 0.0164. The first kappa shape index (κ1) is 18.5. The number of amides is 2. The molecular weight excluding hydrogens is 314 g/mol. The average Bonchev–Trinajstić information content (AvgIpc) is 2.88. The fourth-order valence-corrected chi connectivity index (χ4v) is 3.21. The summed E-state index contributed by atoms with van der Waals surface area (Å²) in [5.41, 5.74) is -0.646. The minimum atomic E-state index is -0.770. The summed E-state index contributed by atoms with van der Waals surface area (Å²) >= 11 is 0. The van der Waals surface area contributed by atoms with Crippen molar-refractivity contribution < 1.29 is 23.9 Å². The molecule has 2 saturated heterocycles. The highest BCUT2D eigenvalue weighted by Crippen LogP contribution is 2.28. The number of carbonyl (C=O) groups is 3. The van der Waals surface area contributed by atoms with Gasteiger partial charge in [0.15, 0.2) is 0 Å². The molecule has 0 saturated carbocycles. The molecule has 2 rings (SSSR count). The number of hydrogen-bond acceptors (Lipinski definition) is 6. The Morgan fingerprint density at radius 1 is 1.25 bits per heavy atom. The Kier molecular flexibility index (Phi) is 5.69. The van der Waals surface area contributed by atoms with E-state index in [0.29, 0.717) is 13.0 Å². The van der Waals surface area contributed by atoms with Gasteiger partial charge in [-0.15, -0.1) is 0 Å².